The Morgan fingerprint density at radius 1 is 1.21 bits per heavy atom. The molecule has 1 saturated carbocycles. The van der Waals surface area contributed by atoms with Gasteiger partial charge >= 0.3 is 0 Å². The van der Waals surface area contributed by atoms with Gasteiger partial charge in [-0.15, -0.1) is 0 Å². The van der Waals surface area contributed by atoms with Crippen molar-refractivity contribution in [2.24, 2.45) is 10.8 Å². The van der Waals surface area contributed by atoms with Gasteiger partial charge in [0.25, 0.3) is 0 Å². The number of benzene rings is 1. The van der Waals surface area contributed by atoms with Gasteiger partial charge in [-0.25, -0.2) is 0 Å². The summed E-state index contributed by atoms with van der Waals surface area (Å²) in [7, 11) is 0. The van der Waals surface area contributed by atoms with E-state index in [0.717, 1.165) is 6.54 Å². The zero-order chi connectivity index (χ0) is 13.5. The van der Waals surface area contributed by atoms with Crippen molar-refractivity contribution in [2.75, 3.05) is 13.2 Å². The normalized spacial score (nSPS) is 26.8. The number of aliphatic hydroxyl groups is 1. The van der Waals surface area contributed by atoms with Crippen molar-refractivity contribution in [1.29, 1.82) is 0 Å². The second-order valence-corrected chi connectivity index (χ2v) is 7.16. The molecule has 104 valence electrons. The molecule has 1 unspecified atom stereocenters. The van der Waals surface area contributed by atoms with E-state index < -0.39 is 0 Å². The van der Waals surface area contributed by atoms with Crippen molar-refractivity contribution in [3.8, 4) is 0 Å². The van der Waals surface area contributed by atoms with Gasteiger partial charge in [0.05, 0.1) is 0 Å². The summed E-state index contributed by atoms with van der Waals surface area (Å²) in [6, 6.07) is 9.24. The van der Waals surface area contributed by atoms with Crippen LogP contribution in [-0.4, -0.2) is 18.3 Å². The van der Waals surface area contributed by atoms with Gasteiger partial charge in [0.2, 0.25) is 0 Å². The molecule has 0 radical (unpaired) electrons. The fourth-order valence-electron chi connectivity index (χ4n) is 3.34. The number of hydrogen-bond donors (Lipinski definition) is 2. The lowest BCUT2D eigenvalue weighted by molar-refractivity contribution is 0.168. The summed E-state index contributed by atoms with van der Waals surface area (Å²) >= 11 is 0. The maximum absolute atomic E-state index is 9.47. The van der Waals surface area contributed by atoms with Crippen molar-refractivity contribution in [3.63, 3.8) is 0 Å². The van der Waals surface area contributed by atoms with Crippen LogP contribution in [0.3, 0.4) is 0 Å². The van der Waals surface area contributed by atoms with E-state index in [-0.39, 0.29) is 5.41 Å². The summed E-state index contributed by atoms with van der Waals surface area (Å²) in [6.07, 6.45) is 4.76. The summed E-state index contributed by atoms with van der Waals surface area (Å²) in [5.74, 6) is 0. The Morgan fingerprint density at radius 2 is 1.95 bits per heavy atom. The molecule has 2 aliphatic carbocycles. The molecule has 1 fully saturated rings. The molecule has 2 nitrogen and oxygen atoms in total. The van der Waals surface area contributed by atoms with Gasteiger partial charge in [0, 0.05) is 24.6 Å². The first kappa shape index (κ1) is 13.1. The molecule has 0 aromatic heterocycles. The molecule has 1 aromatic rings. The second-order valence-electron chi connectivity index (χ2n) is 7.16. The first-order valence-corrected chi connectivity index (χ1v) is 7.48. The minimum absolute atomic E-state index is 0.183. The Kier molecular flexibility index (Phi) is 3.18. The van der Waals surface area contributed by atoms with Crippen LogP contribution >= 0.6 is 0 Å². The Morgan fingerprint density at radius 3 is 2.63 bits per heavy atom. The topological polar surface area (TPSA) is 32.3 Å². The molecule has 0 bridgehead atoms. The molecular formula is C17H25NO. The molecule has 0 spiro atoms. The molecule has 1 atom stereocenters. The molecule has 0 aliphatic heterocycles. The van der Waals surface area contributed by atoms with Gasteiger partial charge in [-0.2, -0.15) is 0 Å². The summed E-state index contributed by atoms with van der Waals surface area (Å²) in [5, 5.41) is 13.2. The highest BCUT2D eigenvalue weighted by atomic mass is 16.3. The maximum atomic E-state index is 9.47. The highest BCUT2D eigenvalue weighted by molar-refractivity contribution is 5.34. The van der Waals surface area contributed by atoms with Gasteiger partial charge < -0.3 is 10.4 Å². The summed E-state index contributed by atoms with van der Waals surface area (Å²) in [4.78, 5) is 0. The third-order valence-corrected chi connectivity index (χ3v) is 5.16. The molecule has 0 heterocycles. The molecule has 1 aromatic carbocycles. The molecule has 0 saturated heterocycles. The van der Waals surface area contributed by atoms with Gasteiger partial charge in [-0.3, -0.25) is 0 Å². The van der Waals surface area contributed by atoms with Crippen LogP contribution in [0.25, 0.3) is 0 Å². The third kappa shape index (κ3) is 2.44. The van der Waals surface area contributed by atoms with Crippen LogP contribution in [0.2, 0.25) is 0 Å². The number of hydrogen-bond acceptors (Lipinski definition) is 2. The number of nitrogens with one attached hydrogen (secondary N) is 1. The van der Waals surface area contributed by atoms with E-state index in [0.29, 0.717) is 18.1 Å². The van der Waals surface area contributed by atoms with E-state index in [1.165, 1.54) is 36.8 Å². The van der Waals surface area contributed by atoms with Gasteiger partial charge in [0.15, 0.2) is 0 Å². The monoisotopic (exact) mass is 259 g/mol. The van der Waals surface area contributed by atoms with Crippen molar-refractivity contribution < 1.29 is 5.11 Å². The Labute approximate surface area is 116 Å². The van der Waals surface area contributed by atoms with Crippen LogP contribution in [0, 0.1) is 10.8 Å². The third-order valence-electron chi connectivity index (χ3n) is 5.16. The average molecular weight is 259 g/mol. The van der Waals surface area contributed by atoms with Crippen LogP contribution in [0.15, 0.2) is 24.3 Å². The fourth-order valence-corrected chi connectivity index (χ4v) is 3.34. The quantitative estimate of drug-likeness (QED) is 0.871. The van der Waals surface area contributed by atoms with Crippen molar-refractivity contribution in [1.82, 2.24) is 5.32 Å². The number of aryl methyl sites for hydroxylation is 1. The average Bonchev–Trinajstić information content (AvgIpc) is 3.18. The van der Waals surface area contributed by atoms with Crippen LogP contribution in [-0.2, 0) is 6.42 Å². The molecule has 2 heteroatoms. The van der Waals surface area contributed by atoms with E-state index >= 15 is 0 Å². The highest BCUT2D eigenvalue weighted by Gasteiger charge is 2.44. The van der Waals surface area contributed by atoms with E-state index in [1.54, 1.807) is 0 Å². The molecule has 19 heavy (non-hydrogen) atoms. The zero-order valence-corrected chi connectivity index (χ0v) is 12.1. The Hall–Kier alpha value is -0.860. The zero-order valence-electron chi connectivity index (χ0n) is 12.1. The number of rotatable bonds is 4. The summed E-state index contributed by atoms with van der Waals surface area (Å²) in [6.45, 7) is 6.00. The predicted molar refractivity (Wildman–Crippen MR) is 78.0 cm³/mol. The van der Waals surface area contributed by atoms with E-state index in [9.17, 15) is 5.11 Å². The van der Waals surface area contributed by atoms with E-state index in [2.05, 4.69) is 43.4 Å². The second kappa shape index (κ2) is 4.60. The molecule has 0 amide bonds. The predicted octanol–water partition coefficient (Wildman–Crippen LogP) is 3.06. The number of fused-ring (bicyclic) bond motifs is 1. The molecule has 3 rings (SSSR count). The molecular weight excluding hydrogens is 234 g/mol. The first-order chi connectivity index (χ1) is 9.06. The standard InChI is InChI=1S/C17H25NO/c1-16(2)8-7-13-5-3-4-6-14(13)15(16)18-11-17(12-19)9-10-17/h3-6,15,18-19H,7-12H2,1-2H3. The van der Waals surface area contributed by atoms with Crippen molar-refractivity contribution >= 4 is 0 Å². The van der Waals surface area contributed by atoms with Crippen LogP contribution < -0.4 is 5.32 Å². The lowest BCUT2D eigenvalue weighted by Gasteiger charge is -2.41. The number of aliphatic hydroxyl groups excluding tert-OH is 1. The Bertz CT molecular complexity index is 462. The van der Waals surface area contributed by atoms with Gasteiger partial charge in [-0.1, -0.05) is 38.1 Å². The lowest BCUT2D eigenvalue weighted by Crippen LogP contribution is -2.41. The smallest absolute Gasteiger partial charge is 0.0499 e. The van der Waals surface area contributed by atoms with Gasteiger partial charge in [-0.05, 0) is 42.2 Å². The van der Waals surface area contributed by atoms with E-state index in [1.807, 2.05) is 0 Å². The molecule has 2 N–H and O–H groups in total. The van der Waals surface area contributed by atoms with Crippen molar-refractivity contribution in [2.45, 2.75) is 45.6 Å². The highest BCUT2D eigenvalue weighted by Crippen LogP contribution is 2.47. The van der Waals surface area contributed by atoms with Crippen molar-refractivity contribution in [3.05, 3.63) is 35.4 Å². The molecule has 2 aliphatic rings. The van der Waals surface area contributed by atoms with E-state index in [4.69, 9.17) is 0 Å². The van der Waals surface area contributed by atoms with Gasteiger partial charge in [0.1, 0.15) is 0 Å². The first-order valence-electron chi connectivity index (χ1n) is 7.48. The largest absolute Gasteiger partial charge is 0.396 e. The minimum atomic E-state index is 0.183. The SMILES string of the molecule is CC1(C)CCc2ccccc2C1NCC1(CO)CC1. The van der Waals surface area contributed by atoms with Crippen LogP contribution in [0.1, 0.15) is 50.3 Å². The fraction of sp³-hybridized carbons (Fsp3) is 0.647. The lowest BCUT2D eigenvalue weighted by atomic mass is 9.70. The summed E-state index contributed by atoms with van der Waals surface area (Å²) in [5.41, 5.74) is 3.43. The minimum Gasteiger partial charge on any atom is -0.396 e. The van der Waals surface area contributed by atoms with Crippen LogP contribution in [0.4, 0.5) is 0 Å². The maximum Gasteiger partial charge on any atom is 0.0499 e. The van der Waals surface area contributed by atoms with Crippen LogP contribution in [0.5, 0.6) is 0 Å². The summed E-state index contributed by atoms with van der Waals surface area (Å²) < 4.78 is 0. The Balaban J connectivity index is 1.81.